The number of carbonyl (C=O) groups excluding carboxylic acids is 1. The SMILES string of the molecule is CC1CC(C)CN(S(=O)(=O)N2CCN(C(=O)C3CCCC3)CC2)C1. The lowest BCUT2D eigenvalue weighted by Crippen LogP contribution is -2.56. The zero-order valence-electron chi connectivity index (χ0n) is 15.0. The van der Waals surface area contributed by atoms with Crippen molar-refractivity contribution < 1.29 is 13.2 Å². The van der Waals surface area contributed by atoms with Crippen LogP contribution in [0.5, 0.6) is 0 Å². The largest absolute Gasteiger partial charge is 0.340 e. The standard InChI is InChI=1S/C17H31N3O3S/c1-14-11-15(2)13-20(12-14)24(22,23)19-9-7-18(8-10-19)17(21)16-5-3-4-6-16/h14-16H,3-13H2,1-2H3. The highest BCUT2D eigenvalue weighted by atomic mass is 32.2. The fourth-order valence-electron chi connectivity index (χ4n) is 4.53. The van der Waals surface area contributed by atoms with Gasteiger partial charge in [-0.25, -0.2) is 0 Å². The maximum atomic E-state index is 12.9. The fraction of sp³-hybridized carbons (Fsp3) is 0.941. The van der Waals surface area contributed by atoms with Crippen LogP contribution in [0.2, 0.25) is 0 Å². The number of hydrogen-bond donors (Lipinski definition) is 0. The van der Waals surface area contributed by atoms with E-state index in [0.29, 0.717) is 51.1 Å². The molecule has 1 amide bonds. The molecule has 0 aromatic carbocycles. The molecular formula is C17H31N3O3S. The first-order valence-electron chi connectivity index (χ1n) is 9.42. The summed E-state index contributed by atoms with van der Waals surface area (Å²) < 4.78 is 29.1. The van der Waals surface area contributed by atoms with Gasteiger partial charge in [0.2, 0.25) is 5.91 Å². The van der Waals surface area contributed by atoms with Crippen molar-refractivity contribution >= 4 is 16.1 Å². The molecule has 1 aliphatic carbocycles. The van der Waals surface area contributed by atoms with Crippen LogP contribution in [0.4, 0.5) is 0 Å². The van der Waals surface area contributed by atoms with Crippen molar-refractivity contribution in [3.63, 3.8) is 0 Å². The molecule has 6 nitrogen and oxygen atoms in total. The van der Waals surface area contributed by atoms with Gasteiger partial charge in [-0.05, 0) is 31.1 Å². The van der Waals surface area contributed by atoms with Crippen LogP contribution < -0.4 is 0 Å². The Morgan fingerprint density at radius 1 is 0.875 bits per heavy atom. The molecule has 138 valence electrons. The van der Waals surface area contributed by atoms with E-state index in [1.807, 2.05) is 4.90 Å². The summed E-state index contributed by atoms with van der Waals surface area (Å²) in [7, 11) is -3.39. The Balaban J connectivity index is 1.58. The first-order valence-corrected chi connectivity index (χ1v) is 10.8. The van der Waals surface area contributed by atoms with E-state index >= 15 is 0 Å². The Kier molecular flexibility index (Phi) is 5.52. The van der Waals surface area contributed by atoms with Crippen molar-refractivity contribution in [3.05, 3.63) is 0 Å². The van der Waals surface area contributed by atoms with Gasteiger partial charge in [-0.15, -0.1) is 0 Å². The molecule has 0 N–H and O–H groups in total. The molecule has 0 spiro atoms. The lowest BCUT2D eigenvalue weighted by molar-refractivity contribution is -0.136. The number of carbonyl (C=O) groups is 1. The van der Waals surface area contributed by atoms with Crippen LogP contribution in [0.25, 0.3) is 0 Å². The molecule has 7 heteroatoms. The van der Waals surface area contributed by atoms with Gasteiger partial charge in [0.25, 0.3) is 10.2 Å². The molecule has 3 fully saturated rings. The minimum atomic E-state index is -3.39. The average molecular weight is 358 g/mol. The third kappa shape index (κ3) is 3.78. The topological polar surface area (TPSA) is 60.9 Å². The van der Waals surface area contributed by atoms with Crippen molar-refractivity contribution in [1.82, 2.24) is 13.5 Å². The number of amides is 1. The minimum Gasteiger partial charge on any atom is -0.340 e. The van der Waals surface area contributed by atoms with Gasteiger partial charge in [-0.1, -0.05) is 26.7 Å². The number of piperidine rings is 1. The Morgan fingerprint density at radius 3 is 1.96 bits per heavy atom. The van der Waals surface area contributed by atoms with Gasteiger partial charge < -0.3 is 4.90 Å². The van der Waals surface area contributed by atoms with Crippen LogP contribution in [0, 0.1) is 17.8 Å². The van der Waals surface area contributed by atoms with Crippen molar-refractivity contribution in [3.8, 4) is 0 Å². The molecule has 2 saturated heterocycles. The second-order valence-electron chi connectivity index (χ2n) is 7.98. The van der Waals surface area contributed by atoms with Crippen molar-refractivity contribution in [2.75, 3.05) is 39.3 Å². The van der Waals surface area contributed by atoms with Crippen molar-refractivity contribution in [2.24, 2.45) is 17.8 Å². The normalized spacial score (nSPS) is 31.5. The molecule has 0 aromatic rings. The van der Waals surface area contributed by atoms with Gasteiger partial charge in [0, 0.05) is 45.2 Å². The molecule has 1 saturated carbocycles. The first-order chi connectivity index (χ1) is 11.4. The fourth-order valence-corrected chi connectivity index (χ4v) is 6.36. The molecule has 2 atom stereocenters. The highest BCUT2D eigenvalue weighted by molar-refractivity contribution is 7.86. The second-order valence-corrected chi connectivity index (χ2v) is 9.90. The molecule has 3 aliphatic rings. The summed E-state index contributed by atoms with van der Waals surface area (Å²) in [5.41, 5.74) is 0. The second kappa shape index (κ2) is 7.30. The highest BCUT2D eigenvalue weighted by Crippen LogP contribution is 2.28. The van der Waals surface area contributed by atoms with E-state index in [9.17, 15) is 13.2 Å². The number of rotatable bonds is 3. The Bertz CT molecular complexity index is 541. The van der Waals surface area contributed by atoms with Gasteiger partial charge in [-0.2, -0.15) is 17.0 Å². The van der Waals surface area contributed by atoms with Gasteiger partial charge in [0.1, 0.15) is 0 Å². The molecule has 3 rings (SSSR count). The molecule has 2 aliphatic heterocycles. The lowest BCUT2D eigenvalue weighted by Gasteiger charge is -2.40. The van der Waals surface area contributed by atoms with Crippen molar-refractivity contribution in [2.45, 2.75) is 46.0 Å². The molecule has 2 heterocycles. The van der Waals surface area contributed by atoms with Gasteiger partial charge >= 0.3 is 0 Å². The van der Waals surface area contributed by atoms with Crippen LogP contribution in [-0.4, -0.2) is 67.1 Å². The van der Waals surface area contributed by atoms with Crippen LogP contribution >= 0.6 is 0 Å². The average Bonchev–Trinajstić information content (AvgIpc) is 3.08. The van der Waals surface area contributed by atoms with Gasteiger partial charge in [0.05, 0.1) is 0 Å². The third-order valence-corrected chi connectivity index (χ3v) is 7.71. The predicted molar refractivity (Wildman–Crippen MR) is 93.5 cm³/mol. The van der Waals surface area contributed by atoms with E-state index in [2.05, 4.69) is 13.8 Å². The molecule has 24 heavy (non-hydrogen) atoms. The number of nitrogens with zero attached hydrogens (tertiary/aromatic N) is 3. The summed E-state index contributed by atoms with van der Waals surface area (Å²) in [6, 6.07) is 0. The van der Waals surface area contributed by atoms with Gasteiger partial charge in [0.15, 0.2) is 0 Å². The van der Waals surface area contributed by atoms with E-state index < -0.39 is 10.2 Å². The third-order valence-electron chi connectivity index (χ3n) is 5.74. The maximum Gasteiger partial charge on any atom is 0.282 e. The maximum absolute atomic E-state index is 12.9. The lowest BCUT2D eigenvalue weighted by atomic mass is 9.94. The summed E-state index contributed by atoms with van der Waals surface area (Å²) in [6.07, 6.45) is 5.39. The van der Waals surface area contributed by atoms with Gasteiger partial charge in [-0.3, -0.25) is 4.79 Å². The quantitative estimate of drug-likeness (QED) is 0.770. The Labute approximate surface area is 146 Å². The smallest absolute Gasteiger partial charge is 0.282 e. The monoisotopic (exact) mass is 357 g/mol. The van der Waals surface area contributed by atoms with E-state index in [1.165, 1.54) is 0 Å². The summed E-state index contributed by atoms with van der Waals surface area (Å²) >= 11 is 0. The van der Waals surface area contributed by atoms with Crippen LogP contribution in [0.3, 0.4) is 0 Å². The number of hydrogen-bond acceptors (Lipinski definition) is 3. The minimum absolute atomic E-state index is 0.178. The molecular weight excluding hydrogens is 326 g/mol. The van der Waals surface area contributed by atoms with Crippen molar-refractivity contribution in [1.29, 1.82) is 0 Å². The zero-order chi connectivity index (χ0) is 17.3. The van der Waals surface area contributed by atoms with Crippen LogP contribution in [0.15, 0.2) is 0 Å². The Morgan fingerprint density at radius 2 is 1.42 bits per heavy atom. The van der Waals surface area contributed by atoms with E-state index in [1.54, 1.807) is 8.61 Å². The number of piperazine rings is 1. The van der Waals surface area contributed by atoms with E-state index in [-0.39, 0.29) is 11.8 Å². The summed E-state index contributed by atoms with van der Waals surface area (Å²) in [4.78, 5) is 14.4. The molecule has 2 unspecified atom stereocenters. The van der Waals surface area contributed by atoms with Crippen LogP contribution in [-0.2, 0) is 15.0 Å². The predicted octanol–water partition coefficient (Wildman–Crippen LogP) is 1.54. The zero-order valence-corrected chi connectivity index (χ0v) is 15.8. The highest BCUT2D eigenvalue weighted by Gasteiger charge is 2.37. The summed E-state index contributed by atoms with van der Waals surface area (Å²) in [5, 5.41) is 0. The molecule has 0 aromatic heterocycles. The molecule has 0 radical (unpaired) electrons. The van der Waals surface area contributed by atoms with Crippen LogP contribution in [0.1, 0.15) is 46.0 Å². The summed E-state index contributed by atoms with van der Waals surface area (Å²) in [6.45, 7) is 7.41. The summed E-state index contributed by atoms with van der Waals surface area (Å²) in [5.74, 6) is 1.24. The van der Waals surface area contributed by atoms with E-state index in [4.69, 9.17) is 0 Å². The first kappa shape index (κ1) is 18.1. The van der Waals surface area contributed by atoms with E-state index in [0.717, 1.165) is 32.1 Å². The molecule has 0 bridgehead atoms. The Hall–Kier alpha value is -0.660.